The Labute approximate surface area is 86.1 Å². The number of aliphatic hydroxyl groups is 3. The van der Waals surface area contributed by atoms with Crippen LogP contribution in [-0.4, -0.2) is 50.6 Å². The van der Waals surface area contributed by atoms with Crippen LogP contribution in [0.1, 0.15) is 6.92 Å². The van der Waals surface area contributed by atoms with E-state index in [9.17, 15) is 19.8 Å². The van der Waals surface area contributed by atoms with Gasteiger partial charge >= 0.3 is 0 Å². The molecule has 82 valence electrons. The number of hydrogen-bond donors (Lipinski definition) is 5. The molecule has 0 amide bonds. The first-order valence-electron chi connectivity index (χ1n) is 3.76. The van der Waals surface area contributed by atoms with Crippen molar-refractivity contribution in [3.63, 3.8) is 0 Å². The lowest BCUT2D eigenvalue weighted by Crippen LogP contribution is -2.64. The zero-order valence-electron chi connectivity index (χ0n) is 7.60. The van der Waals surface area contributed by atoms with E-state index in [2.05, 4.69) is 12.6 Å². The first kappa shape index (κ1) is 13.5. The summed E-state index contributed by atoms with van der Waals surface area (Å²) in [4.78, 5) is 19.7. The van der Waals surface area contributed by atoms with E-state index in [1.54, 1.807) is 0 Å². The van der Waals surface area contributed by atoms with Crippen molar-refractivity contribution < 1.29 is 24.9 Å². The van der Waals surface area contributed by atoms with E-state index in [0.29, 0.717) is 0 Å². The number of Topliss-reactive ketones (excluding diaryl/α,β-unsaturated/α-hetero) is 2. The molecule has 0 radical (unpaired) electrons. The Morgan fingerprint density at radius 1 is 1.43 bits per heavy atom. The van der Waals surface area contributed by atoms with E-state index in [1.165, 1.54) is 0 Å². The number of nitrogens with two attached hydrogens (primary N) is 1. The molecule has 5 N–H and O–H groups in total. The van der Waals surface area contributed by atoms with Gasteiger partial charge in [-0.15, -0.1) is 12.6 Å². The molecule has 7 heteroatoms. The second-order valence-electron chi connectivity index (χ2n) is 2.87. The highest BCUT2D eigenvalue weighted by Crippen LogP contribution is 2.27. The van der Waals surface area contributed by atoms with Crippen molar-refractivity contribution in [2.24, 2.45) is 5.73 Å². The highest BCUT2D eigenvalue weighted by Gasteiger charge is 2.55. The Hall–Kier alpha value is -0.470. The van der Waals surface area contributed by atoms with Gasteiger partial charge in [0.2, 0.25) is 5.60 Å². The molecule has 0 aromatic rings. The Bertz CT molecular complexity index is 254. The maximum absolute atomic E-state index is 11.2. The number of thiol groups is 1. The highest BCUT2D eigenvalue weighted by molar-refractivity contribution is 7.81. The second kappa shape index (κ2) is 4.37. The monoisotopic (exact) mass is 223 g/mol. The number of carbonyl (C=O) groups excluding carboxylic acids is 2. The number of rotatable bonds is 5. The summed E-state index contributed by atoms with van der Waals surface area (Å²) in [6.45, 7) is -0.804. The third kappa shape index (κ3) is 1.96. The van der Waals surface area contributed by atoms with Crippen LogP contribution in [0.15, 0.2) is 0 Å². The Morgan fingerprint density at radius 2 is 1.86 bits per heavy atom. The molecule has 14 heavy (non-hydrogen) atoms. The maximum atomic E-state index is 11.2. The van der Waals surface area contributed by atoms with Gasteiger partial charge in [-0.25, -0.2) is 0 Å². The van der Waals surface area contributed by atoms with Crippen molar-refractivity contribution in [2.45, 2.75) is 17.5 Å². The lowest BCUT2D eigenvalue weighted by molar-refractivity contribution is -0.168. The molecule has 0 rings (SSSR count). The molecule has 0 heterocycles. The van der Waals surface area contributed by atoms with Gasteiger partial charge in [-0.1, -0.05) is 0 Å². The van der Waals surface area contributed by atoms with Crippen molar-refractivity contribution in [3.8, 4) is 0 Å². The van der Waals surface area contributed by atoms with Gasteiger partial charge in [-0.3, -0.25) is 9.59 Å². The van der Waals surface area contributed by atoms with Crippen molar-refractivity contribution in [1.29, 1.82) is 0 Å². The van der Waals surface area contributed by atoms with Gasteiger partial charge in [-0.05, 0) is 6.92 Å². The predicted molar refractivity (Wildman–Crippen MR) is 50.7 cm³/mol. The van der Waals surface area contributed by atoms with Crippen LogP contribution in [0, 0.1) is 0 Å². The lowest BCUT2D eigenvalue weighted by atomic mass is 9.87. The van der Waals surface area contributed by atoms with Crippen LogP contribution in [0.4, 0.5) is 0 Å². The fraction of sp³-hybridized carbons (Fsp3) is 0.714. The Balaban J connectivity index is 5.31. The average Bonchev–Trinajstić information content (AvgIpc) is 2.14. The first-order valence-corrected chi connectivity index (χ1v) is 4.21. The maximum Gasteiger partial charge on any atom is 0.222 e. The van der Waals surface area contributed by atoms with E-state index < -0.39 is 35.3 Å². The number of hydrogen-bond acceptors (Lipinski definition) is 7. The molecule has 0 aliphatic heterocycles. The largest absolute Gasteiger partial charge is 0.392 e. The topological polar surface area (TPSA) is 121 Å². The van der Waals surface area contributed by atoms with Crippen molar-refractivity contribution >= 4 is 24.2 Å². The summed E-state index contributed by atoms with van der Waals surface area (Å²) in [6, 6.07) is 0. The molecule has 2 unspecified atom stereocenters. The fourth-order valence-corrected chi connectivity index (χ4v) is 1.25. The van der Waals surface area contributed by atoms with Gasteiger partial charge in [0.25, 0.3) is 0 Å². The van der Waals surface area contributed by atoms with E-state index >= 15 is 0 Å². The second-order valence-corrected chi connectivity index (χ2v) is 3.61. The van der Waals surface area contributed by atoms with E-state index in [4.69, 9.17) is 10.8 Å². The van der Waals surface area contributed by atoms with Gasteiger partial charge in [0.15, 0.2) is 16.5 Å². The summed E-state index contributed by atoms with van der Waals surface area (Å²) >= 11 is 3.46. The van der Waals surface area contributed by atoms with Crippen LogP contribution in [0.3, 0.4) is 0 Å². The molecule has 0 spiro atoms. The average molecular weight is 223 g/mol. The molecule has 2 atom stereocenters. The zero-order chi connectivity index (χ0) is 11.6. The van der Waals surface area contributed by atoms with Crippen molar-refractivity contribution in [2.75, 3.05) is 13.2 Å². The lowest BCUT2D eigenvalue weighted by Gasteiger charge is -2.35. The van der Waals surface area contributed by atoms with Gasteiger partial charge in [0.05, 0.1) is 13.2 Å². The quantitative estimate of drug-likeness (QED) is 0.199. The minimum atomic E-state index is -2.78. The SMILES string of the molecule is CC(=O)C(O)(C(=O)CN)C(O)(S)CO. The number of ketones is 2. The van der Waals surface area contributed by atoms with Gasteiger partial charge in [-0.2, -0.15) is 0 Å². The Kier molecular flexibility index (Phi) is 4.22. The standard InChI is InChI=1S/C7H13NO5S/c1-4(10)7(13,5(11)2-8)6(12,14)3-9/h9,12-14H,2-3,8H2,1H3. The number of aliphatic hydroxyl groups excluding tert-OH is 1. The summed E-state index contributed by atoms with van der Waals surface area (Å²) in [5.41, 5.74) is 2.18. The van der Waals surface area contributed by atoms with Crippen LogP contribution >= 0.6 is 12.6 Å². The third-order valence-corrected chi connectivity index (χ3v) is 2.36. The summed E-state index contributed by atoms with van der Waals surface area (Å²) in [7, 11) is 0. The van der Waals surface area contributed by atoms with E-state index in [-0.39, 0.29) is 0 Å². The van der Waals surface area contributed by atoms with E-state index in [1.807, 2.05) is 0 Å². The number of carbonyl (C=O) groups is 2. The third-order valence-electron chi connectivity index (χ3n) is 1.90. The summed E-state index contributed by atoms with van der Waals surface area (Å²) in [5, 5.41) is 27.7. The minimum absolute atomic E-state index is 0.640. The van der Waals surface area contributed by atoms with Crippen LogP contribution in [0.5, 0.6) is 0 Å². The molecular formula is C7H13NO5S. The smallest absolute Gasteiger partial charge is 0.222 e. The first-order chi connectivity index (χ1) is 6.24. The summed E-state index contributed by atoms with van der Waals surface area (Å²) in [5.74, 6) is -2.13. The van der Waals surface area contributed by atoms with E-state index in [0.717, 1.165) is 6.92 Å². The molecule has 0 aromatic carbocycles. The predicted octanol–water partition coefficient (Wildman–Crippen LogP) is -2.55. The molecular weight excluding hydrogens is 210 g/mol. The molecule has 6 nitrogen and oxygen atoms in total. The zero-order valence-corrected chi connectivity index (χ0v) is 8.49. The van der Waals surface area contributed by atoms with Crippen LogP contribution in [-0.2, 0) is 9.59 Å². The fourth-order valence-electron chi connectivity index (χ4n) is 0.964. The summed E-state index contributed by atoms with van der Waals surface area (Å²) in [6.07, 6.45) is 0. The van der Waals surface area contributed by atoms with Crippen molar-refractivity contribution in [3.05, 3.63) is 0 Å². The Morgan fingerprint density at radius 3 is 2.07 bits per heavy atom. The molecule has 0 fully saturated rings. The minimum Gasteiger partial charge on any atom is -0.392 e. The van der Waals surface area contributed by atoms with Gasteiger partial charge < -0.3 is 21.1 Å². The molecule has 0 saturated heterocycles. The molecule has 0 aliphatic carbocycles. The molecule has 0 aromatic heterocycles. The van der Waals surface area contributed by atoms with Gasteiger partial charge in [0.1, 0.15) is 0 Å². The van der Waals surface area contributed by atoms with Crippen LogP contribution in [0.25, 0.3) is 0 Å². The van der Waals surface area contributed by atoms with Crippen LogP contribution < -0.4 is 5.73 Å². The highest BCUT2D eigenvalue weighted by atomic mass is 32.1. The van der Waals surface area contributed by atoms with Crippen molar-refractivity contribution in [1.82, 2.24) is 0 Å². The van der Waals surface area contributed by atoms with Gasteiger partial charge in [0, 0.05) is 0 Å². The van der Waals surface area contributed by atoms with Crippen LogP contribution in [0.2, 0.25) is 0 Å². The summed E-state index contributed by atoms with van der Waals surface area (Å²) < 4.78 is 0. The normalized spacial score (nSPS) is 19.6. The molecule has 0 saturated carbocycles. The molecule has 0 bridgehead atoms. The molecule has 0 aliphatic rings.